The Morgan fingerprint density at radius 2 is 1.85 bits per heavy atom. The van der Waals surface area contributed by atoms with E-state index >= 15 is 0 Å². The van der Waals surface area contributed by atoms with Gasteiger partial charge in [0.2, 0.25) is 5.91 Å². The van der Waals surface area contributed by atoms with Crippen LogP contribution in [-0.2, 0) is 11.3 Å². The van der Waals surface area contributed by atoms with E-state index in [4.69, 9.17) is 26.8 Å². The summed E-state index contributed by atoms with van der Waals surface area (Å²) in [5.41, 5.74) is 7.26. The third-order valence-electron chi connectivity index (χ3n) is 6.11. The summed E-state index contributed by atoms with van der Waals surface area (Å²) in [4.78, 5) is 12.7. The minimum atomic E-state index is 0. The molecule has 0 radical (unpaired) electrons. The Hall–Kier alpha value is -1.17. The average Bonchev–Trinajstić information content (AvgIpc) is 2.85. The van der Waals surface area contributed by atoms with Crippen LogP contribution in [0.1, 0.15) is 44.1 Å². The van der Waals surface area contributed by atoms with Gasteiger partial charge in [0, 0.05) is 24.9 Å². The van der Waals surface area contributed by atoms with Gasteiger partial charge in [-0.05, 0) is 55.2 Å². The number of ether oxygens (including phenoxy) is 2. The van der Waals surface area contributed by atoms with Crippen LogP contribution in [0.4, 0.5) is 0 Å². The lowest BCUT2D eigenvalue weighted by Crippen LogP contribution is -2.49. The van der Waals surface area contributed by atoms with E-state index in [0.717, 1.165) is 24.8 Å². The molecule has 2 bridgehead atoms. The van der Waals surface area contributed by atoms with Crippen LogP contribution in [0.5, 0.6) is 11.5 Å². The molecule has 2 atom stereocenters. The van der Waals surface area contributed by atoms with Gasteiger partial charge in [-0.25, -0.2) is 0 Å². The molecule has 3 N–H and O–H groups in total. The zero-order valence-corrected chi connectivity index (χ0v) is 17.0. The molecule has 4 rings (SSSR count). The number of rotatable bonds is 3. The van der Waals surface area contributed by atoms with Gasteiger partial charge in [-0.1, -0.05) is 18.0 Å². The fourth-order valence-electron chi connectivity index (χ4n) is 4.72. The van der Waals surface area contributed by atoms with Crippen molar-refractivity contribution in [1.29, 1.82) is 0 Å². The molecule has 2 aliphatic carbocycles. The van der Waals surface area contributed by atoms with Crippen LogP contribution in [0.2, 0.25) is 5.02 Å². The van der Waals surface area contributed by atoms with Crippen LogP contribution in [0, 0.1) is 17.8 Å². The predicted molar refractivity (Wildman–Crippen MR) is 108 cm³/mol. The summed E-state index contributed by atoms with van der Waals surface area (Å²) < 4.78 is 11.4. The van der Waals surface area contributed by atoms with Crippen molar-refractivity contribution in [1.82, 2.24) is 5.32 Å². The largest absolute Gasteiger partial charge is 0.489 e. The van der Waals surface area contributed by atoms with E-state index in [1.54, 1.807) is 0 Å². The molecule has 5 nitrogen and oxygen atoms in total. The Labute approximate surface area is 171 Å². The minimum absolute atomic E-state index is 0. The van der Waals surface area contributed by atoms with E-state index in [1.165, 1.54) is 19.3 Å². The molecule has 1 aromatic carbocycles. The lowest BCUT2D eigenvalue weighted by Gasteiger charge is -2.43. The lowest BCUT2D eigenvalue weighted by molar-refractivity contribution is -0.128. The molecule has 27 heavy (non-hydrogen) atoms. The Morgan fingerprint density at radius 3 is 2.59 bits per heavy atom. The first-order valence-electron chi connectivity index (χ1n) is 9.73. The minimum Gasteiger partial charge on any atom is -0.489 e. The van der Waals surface area contributed by atoms with Crippen LogP contribution in [0.3, 0.4) is 0 Å². The maximum atomic E-state index is 12.7. The number of hydrogen-bond acceptors (Lipinski definition) is 4. The number of nitrogens with one attached hydrogen (secondary N) is 1. The summed E-state index contributed by atoms with van der Waals surface area (Å²) in [6, 6.07) is 4.05. The zero-order chi connectivity index (χ0) is 18.1. The van der Waals surface area contributed by atoms with Crippen LogP contribution in [0.15, 0.2) is 12.1 Å². The summed E-state index contributed by atoms with van der Waals surface area (Å²) in [5, 5.41) is 3.62. The van der Waals surface area contributed by atoms with E-state index in [2.05, 4.69) is 5.32 Å². The lowest BCUT2D eigenvalue weighted by atomic mass is 9.65. The summed E-state index contributed by atoms with van der Waals surface area (Å²) in [7, 11) is 0. The second-order valence-corrected chi connectivity index (χ2v) is 8.28. The molecule has 0 spiro atoms. The summed E-state index contributed by atoms with van der Waals surface area (Å²) in [6.45, 7) is 1.67. The first-order chi connectivity index (χ1) is 12.6. The van der Waals surface area contributed by atoms with Gasteiger partial charge in [-0.15, -0.1) is 12.4 Å². The maximum absolute atomic E-state index is 12.7. The normalized spacial score (nSPS) is 29.3. The van der Waals surface area contributed by atoms with Crippen molar-refractivity contribution in [2.24, 2.45) is 23.5 Å². The number of nitrogens with two attached hydrogens (primary N) is 1. The fraction of sp³-hybridized carbons (Fsp3) is 0.650. The van der Waals surface area contributed by atoms with Crippen LogP contribution in [0.25, 0.3) is 0 Å². The van der Waals surface area contributed by atoms with E-state index in [9.17, 15) is 4.79 Å². The number of carbonyl (C=O) groups excluding carboxylic acids is 1. The Bertz CT molecular complexity index is 671. The molecule has 2 unspecified atom stereocenters. The topological polar surface area (TPSA) is 73.6 Å². The number of hydrogen-bond donors (Lipinski definition) is 2. The highest BCUT2D eigenvalue weighted by molar-refractivity contribution is 6.32. The van der Waals surface area contributed by atoms with Crippen molar-refractivity contribution < 1.29 is 14.3 Å². The molecule has 2 saturated carbocycles. The number of carbonyl (C=O) groups is 1. The molecular weight excluding hydrogens is 387 g/mol. The first-order valence-corrected chi connectivity index (χ1v) is 10.1. The van der Waals surface area contributed by atoms with Crippen LogP contribution >= 0.6 is 24.0 Å². The fourth-order valence-corrected chi connectivity index (χ4v) is 5.01. The Morgan fingerprint density at radius 1 is 1.15 bits per heavy atom. The zero-order valence-electron chi connectivity index (χ0n) is 15.4. The van der Waals surface area contributed by atoms with E-state index in [1.807, 2.05) is 12.1 Å². The van der Waals surface area contributed by atoms with Crippen molar-refractivity contribution in [3.8, 4) is 11.5 Å². The average molecular weight is 415 g/mol. The van der Waals surface area contributed by atoms with E-state index < -0.39 is 0 Å². The molecule has 2 fully saturated rings. The molecule has 0 saturated heterocycles. The predicted octanol–water partition coefficient (Wildman–Crippen LogP) is 3.69. The van der Waals surface area contributed by atoms with Gasteiger partial charge in [0.05, 0.1) is 18.2 Å². The van der Waals surface area contributed by atoms with Gasteiger partial charge < -0.3 is 20.5 Å². The summed E-state index contributed by atoms with van der Waals surface area (Å²) >= 11 is 6.33. The smallest absolute Gasteiger partial charge is 0.223 e. The van der Waals surface area contributed by atoms with E-state index in [-0.39, 0.29) is 30.3 Å². The van der Waals surface area contributed by atoms with Gasteiger partial charge in [0.15, 0.2) is 11.5 Å². The third kappa shape index (κ3) is 4.47. The van der Waals surface area contributed by atoms with Gasteiger partial charge in [-0.2, -0.15) is 0 Å². The van der Waals surface area contributed by atoms with Crippen molar-refractivity contribution in [2.75, 3.05) is 13.2 Å². The van der Waals surface area contributed by atoms with Crippen LogP contribution in [-0.4, -0.2) is 25.2 Å². The molecule has 150 valence electrons. The van der Waals surface area contributed by atoms with Gasteiger partial charge in [0.1, 0.15) is 0 Å². The number of halogens is 2. The van der Waals surface area contributed by atoms with Crippen molar-refractivity contribution in [3.63, 3.8) is 0 Å². The Balaban J connectivity index is 0.00000210. The van der Waals surface area contributed by atoms with E-state index in [0.29, 0.717) is 48.1 Å². The van der Waals surface area contributed by atoms with Crippen molar-refractivity contribution >= 4 is 29.9 Å². The molecular formula is C20H28Cl2N2O3. The van der Waals surface area contributed by atoms with Gasteiger partial charge >= 0.3 is 0 Å². The Kier molecular flexibility index (Phi) is 6.77. The molecule has 1 heterocycles. The summed E-state index contributed by atoms with van der Waals surface area (Å²) in [5.74, 6) is 2.50. The third-order valence-corrected chi connectivity index (χ3v) is 6.39. The second kappa shape index (κ2) is 8.89. The maximum Gasteiger partial charge on any atom is 0.223 e. The standard InChI is InChI=1S/C20H27ClN2O3.ClH/c21-16-7-12(8-17-19(16)26-6-2-5-25-17)11-23-20(24)15-9-13-3-1-4-14(10-15)18(13)22;/h7-8,13-15,18H,1-6,9-11,22H2,(H,23,24);1H. The molecule has 1 aliphatic heterocycles. The monoisotopic (exact) mass is 414 g/mol. The second-order valence-electron chi connectivity index (χ2n) is 7.87. The number of fused-ring (bicyclic) bond motifs is 3. The van der Waals surface area contributed by atoms with Crippen molar-refractivity contribution in [3.05, 3.63) is 22.7 Å². The highest BCUT2D eigenvalue weighted by atomic mass is 35.5. The van der Waals surface area contributed by atoms with Gasteiger partial charge in [-0.3, -0.25) is 4.79 Å². The number of benzene rings is 1. The van der Waals surface area contributed by atoms with Crippen molar-refractivity contribution in [2.45, 2.75) is 51.1 Å². The highest BCUT2D eigenvalue weighted by Crippen LogP contribution is 2.42. The van der Waals surface area contributed by atoms with Gasteiger partial charge in [0.25, 0.3) is 0 Å². The molecule has 3 aliphatic rings. The number of amides is 1. The quantitative estimate of drug-likeness (QED) is 0.790. The SMILES string of the molecule is Cl.NC1C2CCCC1CC(C(=O)NCc1cc(Cl)c3c(c1)OCCCO3)C2. The first kappa shape index (κ1) is 20.6. The van der Waals surface area contributed by atoms with Crippen LogP contribution < -0.4 is 20.5 Å². The molecule has 1 amide bonds. The molecule has 0 aromatic heterocycles. The highest BCUT2D eigenvalue weighted by Gasteiger charge is 2.40. The molecule has 1 aromatic rings. The summed E-state index contributed by atoms with van der Waals surface area (Å²) in [6.07, 6.45) is 6.27. The molecule has 7 heteroatoms.